The third-order valence-corrected chi connectivity index (χ3v) is 6.18. The van der Waals surface area contributed by atoms with Crippen LogP contribution in [0.1, 0.15) is 12.0 Å². The molecular weight excluding hydrogens is 424 g/mol. The summed E-state index contributed by atoms with van der Waals surface area (Å²) in [6.45, 7) is 0. The maximum absolute atomic E-state index is 12.6. The predicted molar refractivity (Wildman–Crippen MR) is 128 cm³/mol. The van der Waals surface area contributed by atoms with Crippen LogP contribution in [0.15, 0.2) is 60.7 Å². The minimum absolute atomic E-state index is 0.0803. The van der Waals surface area contributed by atoms with Crippen LogP contribution in [-0.4, -0.2) is 32.2 Å². The van der Waals surface area contributed by atoms with E-state index >= 15 is 0 Å². The zero-order chi connectivity index (χ0) is 22.5. The molecule has 1 aromatic heterocycles. The highest BCUT2D eigenvalue weighted by atomic mass is 32.1. The summed E-state index contributed by atoms with van der Waals surface area (Å²) in [6, 6.07) is 19.5. The van der Waals surface area contributed by atoms with Gasteiger partial charge in [0, 0.05) is 17.7 Å². The molecule has 0 aliphatic carbocycles. The van der Waals surface area contributed by atoms with E-state index < -0.39 is 0 Å². The Morgan fingerprint density at radius 3 is 2.50 bits per heavy atom. The Bertz CT molecular complexity index is 1220. The lowest BCUT2D eigenvalue weighted by Gasteiger charge is -2.15. The topological polar surface area (TPSA) is 69.7 Å². The first-order chi connectivity index (χ1) is 15.6. The average Bonchev–Trinajstić information content (AvgIpc) is 3.26. The minimum atomic E-state index is -0.0803. The van der Waals surface area contributed by atoms with Crippen LogP contribution in [0.5, 0.6) is 17.2 Å². The first kappa shape index (κ1) is 21.6. The van der Waals surface area contributed by atoms with Gasteiger partial charge in [0.2, 0.25) is 11.7 Å². The summed E-state index contributed by atoms with van der Waals surface area (Å²) >= 11 is 1.64. The van der Waals surface area contributed by atoms with Crippen molar-refractivity contribution in [2.24, 2.45) is 0 Å². The number of rotatable bonds is 8. The van der Waals surface area contributed by atoms with Crippen LogP contribution in [0.2, 0.25) is 0 Å². The Morgan fingerprint density at radius 2 is 1.75 bits per heavy atom. The molecule has 1 N–H and O–H groups in total. The lowest BCUT2D eigenvalue weighted by molar-refractivity contribution is -0.116. The third-order valence-electron chi connectivity index (χ3n) is 5.09. The van der Waals surface area contributed by atoms with Gasteiger partial charge in [-0.15, -0.1) is 11.3 Å². The van der Waals surface area contributed by atoms with Gasteiger partial charge in [0.15, 0.2) is 11.5 Å². The molecule has 32 heavy (non-hydrogen) atoms. The molecule has 1 amide bonds. The highest BCUT2D eigenvalue weighted by Gasteiger charge is 2.16. The number of para-hydroxylation sites is 1. The van der Waals surface area contributed by atoms with Crippen molar-refractivity contribution in [1.82, 2.24) is 4.98 Å². The molecule has 4 aromatic rings. The van der Waals surface area contributed by atoms with Gasteiger partial charge in [0.05, 0.1) is 31.5 Å². The van der Waals surface area contributed by atoms with Crippen molar-refractivity contribution in [1.29, 1.82) is 0 Å². The first-order valence-electron chi connectivity index (χ1n) is 10.2. The fourth-order valence-corrected chi connectivity index (χ4v) is 4.52. The number of aromatic nitrogens is 1. The van der Waals surface area contributed by atoms with Crippen LogP contribution in [0.25, 0.3) is 20.8 Å². The quantitative estimate of drug-likeness (QED) is 0.382. The molecule has 6 nitrogen and oxygen atoms in total. The lowest BCUT2D eigenvalue weighted by Crippen LogP contribution is -2.12. The maximum atomic E-state index is 12.6. The van der Waals surface area contributed by atoms with Crippen LogP contribution >= 0.6 is 11.3 Å². The van der Waals surface area contributed by atoms with Gasteiger partial charge in [-0.3, -0.25) is 4.79 Å². The number of carbonyl (C=O) groups is 1. The molecule has 0 saturated heterocycles. The van der Waals surface area contributed by atoms with E-state index in [1.165, 1.54) is 0 Å². The van der Waals surface area contributed by atoms with Gasteiger partial charge in [-0.1, -0.05) is 30.3 Å². The summed E-state index contributed by atoms with van der Waals surface area (Å²) in [5, 5.41) is 3.91. The average molecular weight is 449 g/mol. The van der Waals surface area contributed by atoms with Crippen LogP contribution < -0.4 is 19.5 Å². The molecule has 164 valence electrons. The summed E-state index contributed by atoms with van der Waals surface area (Å²) in [4.78, 5) is 17.3. The molecule has 0 bridgehead atoms. The number of benzene rings is 3. The van der Waals surface area contributed by atoms with Gasteiger partial charge >= 0.3 is 0 Å². The van der Waals surface area contributed by atoms with Crippen LogP contribution in [-0.2, 0) is 11.2 Å². The SMILES string of the molecule is COc1ccc(CCC(=O)Nc2cccc(-c3nc4ccccc4s3)c2)c(OC)c1OC. The number of fused-ring (bicyclic) bond motifs is 1. The summed E-state index contributed by atoms with van der Waals surface area (Å²) in [6.07, 6.45) is 0.810. The standard InChI is InChI=1S/C25H24N2O4S/c1-29-20-13-11-16(23(30-2)24(20)31-3)12-14-22(28)26-18-8-6-7-17(15-18)25-27-19-9-4-5-10-21(19)32-25/h4-11,13,15H,12,14H2,1-3H3,(H,26,28). The Kier molecular flexibility index (Phi) is 6.56. The van der Waals surface area contributed by atoms with Crippen LogP contribution in [0.4, 0.5) is 5.69 Å². The van der Waals surface area contributed by atoms with E-state index in [1.807, 2.05) is 54.6 Å². The molecular formula is C25H24N2O4S. The number of ether oxygens (including phenoxy) is 3. The molecule has 3 aromatic carbocycles. The fraction of sp³-hybridized carbons (Fsp3) is 0.200. The van der Waals surface area contributed by atoms with Crippen molar-refractivity contribution in [3.05, 3.63) is 66.2 Å². The lowest BCUT2D eigenvalue weighted by atomic mass is 10.1. The Hall–Kier alpha value is -3.58. The molecule has 0 radical (unpaired) electrons. The Morgan fingerprint density at radius 1 is 0.938 bits per heavy atom. The van der Waals surface area contributed by atoms with Crippen molar-refractivity contribution in [2.45, 2.75) is 12.8 Å². The van der Waals surface area contributed by atoms with Crippen molar-refractivity contribution in [3.8, 4) is 27.8 Å². The molecule has 0 aliphatic rings. The van der Waals surface area contributed by atoms with Crippen LogP contribution in [0.3, 0.4) is 0 Å². The fourth-order valence-electron chi connectivity index (χ4n) is 3.56. The number of thiazole rings is 1. The molecule has 0 atom stereocenters. The zero-order valence-electron chi connectivity index (χ0n) is 18.2. The normalized spacial score (nSPS) is 10.7. The van der Waals surface area contributed by atoms with E-state index in [0.29, 0.717) is 30.1 Å². The monoisotopic (exact) mass is 448 g/mol. The van der Waals surface area contributed by atoms with E-state index in [-0.39, 0.29) is 5.91 Å². The van der Waals surface area contributed by atoms with Gasteiger partial charge < -0.3 is 19.5 Å². The van der Waals surface area contributed by atoms with E-state index in [2.05, 4.69) is 11.4 Å². The van der Waals surface area contributed by atoms with E-state index in [1.54, 1.807) is 32.7 Å². The van der Waals surface area contributed by atoms with Crippen molar-refractivity contribution in [2.75, 3.05) is 26.6 Å². The molecule has 0 aliphatic heterocycles. The van der Waals surface area contributed by atoms with Crippen molar-refractivity contribution >= 4 is 33.1 Å². The molecule has 0 spiro atoms. The summed E-state index contributed by atoms with van der Waals surface area (Å²) in [5.41, 5.74) is 3.57. The summed E-state index contributed by atoms with van der Waals surface area (Å²) in [5.74, 6) is 1.61. The highest BCUT2D eigenvalue weighted by molar-refractivity contribution is 7.21. The molecule has 0 unspecified atom stereocenters. The van der Waals surface area contributed by atoms with E-state index in [9.17, 15) is 4.79 Å². The third kappa shape index (κ3) is 4.53. The Balaban J connectivity index is 1.45. The number of nitrogens with zero attached hydrogens (tertiary/aromatic N) is 1. The second-order valence-corrected chi connectivity index (χ2v) is 8.14. The minimum Gasteiger partial charge on any atom is -0.493 e. The number of carbonyl (C=O) groups excluding carboxylic acids is 1. The van der Waals surface area contributed by atoms with Crippen LogP contribution in [0, 0.1) is 0 Å². The van der Waals surface area contributed by atoms with E-state index in [4.69, 9.17) is 19.2 Å². The van der Waals surface area contributed by atoms with Gasteiger partial charge in [0.1, 0.15) is 5.01 Å². The van der Waals surface area contributed by atoms with Gasteiger partial charge in [-0.05, 0) is 42.3 Å². The highest BCUT2D eigenvalue weighted by Crippen LogP contribution is 2.40. The first-order valence-corrected chi connectivity index (χ1v) is 11.0. The number of amides is 1. The van der Waals surface area contributed by atoms with Gasteiger partial charge in [-0.2, -0.15) is 0 Å². The zero-order valence-corrected chi connectivity index (χ0v) is 19.0. The summed E-state index contributed by atoms with van der Waals surface area (Å²) in [7, 11) is 4.72. The predicted octanol–water partition coefficient (Wildman–Crippen LogP) is 5.56. The Labute approximate surface area is 190 Å². The number of hydrogen-bond donors (Lipinski definition) is 1. The smallest absolute Gasteiger partial charge is 0.224 e. The molecule has 0 saturated carbocycles. The van der Waals surface area contributed by atoms with Crippen molar-refractivity contribution < 1.29 is 19.0 Å². The molecule has 4 rings (SSSR count). The van der Waals surface area contributed by atoms with Gasteiger partial charge in [0.25, 0.3) is 0 Å². The van der Waals surface area contributed by atoms with Crippen molar-refractivity contribution in [3.63, 3.8) is 0 Å². The summed E-state index contributed by atoms with van der Waals surface area (Å²) < 4.78 is 17.4. The number of methoxy groups -OCH3 is 3. The largest absolute Gasteiger partial charge is 0.493 e. The van der Waals surface area contributed by atoms with E-state index in [0.717, 1.165) is 32.0 Å². The second-order valence-electron chi connectivity index (χ2n) is 7.11. The molecule has 0 fully saturated rings. The number of nitrogens with one attached hydrogen (secondary N) is 1. The molecule has 1 heterocycles. The number of anilines is 1. The second kappa shape index (κ2) is 9.70. The number of hydrogen-bond acceptors (Lipinski definition) is 6. The number of aryl methyl sites for hydroxylation is 1. The molecule has 7 heteroatoms. The maximum Gasteiger partial charge on any atom is 0.224 e. The van der Waals surface area contributed by atoms with Gasteiger partial charge in [-0.25, -0.2) is 4.98 Å².